The number of esters is 1. The molecule has 0 aromatic heterocycles. The van der Waals surface area contributed by atoms with Crippen LogP contribution in [-0.4, -0.2) is 79.8 Å². The lowest BCUT2D eigenvalue weighted by Crippen LogP contribution is -2.49. The van der Waals surface area contributed by atoms with Crippen molar-refractivity contribution in [1.29, 1.82) is 0 Å². The number of urea groups is 1. The van der Waals surface area contributed by atoms with Gasteiger partial charge in [-0.3, -0.25) is 14.9 Å². The molecule has 1 heterocycles. The first kappa shape index (κ1) is 25.3. The number of carbonyl (C=O) groups excluding carboxylic acids is 4. The number of hydrogen-bond acceptors (Lipinski definition) is 7. The molecule has 1 unspecified atom stereocenters. The molecule has 1 atom stereocenters. The molecule has 1 aliphatic heterocycles. The smallest absolute Gasteiger partial charge is 0.338 e. The molecule has 2 N–H and O–H groups in total. The summed E-state index contributed by atoms with van der Waals surface area (Å²) in [7, 11) is -3.88. The monoisotopic (exact) mass is 468 g/mol. The van der Waals surface area contributed by atoms with E-state index in [2.05, 4.69) is 10.6 Å². The van der Waals surface area contributed by atoms with Gasteiger partial charge in [0.2, 0.25) is 15.9 Å². The van der Waals surface area contributed by atoms with Crippen LogP contribution in [0.1, 0.15) is 38.1 Å². The molecule has 12 heteroatoms. The topological polar surface area (TPSA) is 142 Å². The first-order chi connectivity index (χ1) is 14.9. The summed E-state index contributed by atoms with van der Waals surface area (Å²) in [4.78, 5) is 49.0. The predicted octanol–water partition coefficient (Wildman–Crippen LogP) is 0.319. The molecule has 2 rings (SSSR count). The molecule has 1 aromatic carbocycles. The molecule has 1 saturated heterocycles. The second kappa shape index (κ2) is 10.6. The van der Waals surface area contributed by atoms with Gasteiger partial charge in [-0.15, -0.1) is 0 Å². The molecule has 0 radical (unpaired) electrons. The number of carbonyl (C=O) groups is 4. The number of amides is 4. The maximum absolute atomic E-state index is 12.9. The third-order valence-electron chi connectivity index (χ3n) is 4.70. The van der Waals surface area contributed by atoms with Gasteiger partial charge in [-0.25, -0.2) is 18.0 Å². The van der Waals surface area contributed by atoms with E-state index in [4.69, 9.17) is 4.74 Å². The van der Waals surface area contributed by atoms with Crippen LogP contribution in [0.15, 0.2) is 29.2 Å². The molecule has 0 bridgehead atoms. The van der Waals surface area contributed by atoms with E-state index in [1.165, 1.54) is 42.4 Å². The summed E-state index contributed by atoms with van der Waals surface area (Å²) in [5.41, 5.74) is -0.0558. The minimum Gasteiger partial charge on any atom is -0.449 e. The van der Waals surface area contributed by atoms with Crippen LogP contribution in [0.4, 0.5) is 4.79 Å². The molecular formula is C20H28N4O7S. The number of imide groups is 1. The zero-order chi connectivity index (χ0) is 24.1. The molecule has 4 amide bonds. The fraction of sp³-hybridized carbons (Fsp3) is 0.500. The highest BCUT2D eigenvalue weighted by Gasteiger charge is 2.30. The number of nitrogens with zero attached hydrogens (tertiary/aromatic N) is 2. The van der Waals surface area contributed by atoms with E-state index in [1.54, 1.807) is 18.7 Å². The van der Waals surface area contributed by atoms with E-state index < -0.39 is 34.0 Å². The van der Waals surface area contributed by atoms with Crippen molar-refractivity contribution in [2.24, 2.45) is 0 Å². The number of ether oxygens (including phenoxy) is 1. The lowest BCUT2D eigenvalue weighted by Gasteiger charge is -2.33. The zero-order valence-corrected chi connectivity index (χ0v) is 19.3. The van der Waals surface area contributed by atoms with Crippen LogP contribution in [0.5, 0.6) is 0 Å². The minimum absolute atomic E-state index is 0.0558. The molecule has 1 fully saturated rings. The summed E-state index contributed by atoms with van der Waals surface area (Å²) >= 11 is 0. The van der Waals surface area contributed by atoms with Crippen molar-refractivity contribution in [2.75, 3.05) is 26.2 Å². The molecular weight excluding hydrogens is 440 g/mol. The molecule has 176 valence electrons. The fourth-order valence-electron chi connectivity index (χ4n) is 2.97. The summed E-state index contributed by atoms with van der Waals surface area (Å²) in [5, 5.41) is 4.53. The van der Waals surface area contributed by atoms with Gasteiger partial charge < -0.3 is 15.0 Å². The highest BCUT2D eigenvalue weighted by atomic mass is 32.2. The maximum atomic E-state index is 12.9. The number of benzene rings is 1. The Morgan fingerprint density at radius 2 is 1.66 bits per heavy atom. The van der Waals surface area contributed by atoms with Crippen LogP contribution in [0.3, 0.4) is 0 Å². The van der Waals surface area contributed by atoms with Crippen molar-refractivity contribution in [3.05, 3.63) is 29.8 Å². The highest BCUT2D eigenvalue weighted by Crippen LogP contribution is 2.19. The summed E-state index contributed by atoms with van der Waals surface area (Å²) < 4.78 is 32.2. The quantitative estimate of drug-likeness (QED) is 0.573. The van der Waals surface area contributed by atoms with Crippen LogP contribution in [-0.2, 0) is 24.3 Å². The Kier molecular flexibility index (Phi) is 8.33. The second-order valence-electron chi connectivity index (χ2n) is 7.60. The SMILES string of the molecule is CC(=O)N1CCN(S(=O)(=O)c2cccc(C(=O)OC(C)C(=O)NC(=O)NC(C)C)c2)CC1. The normalized spacial score (nSPS) is 15.7. The Morgan fingerprint density at radius 3 is 2.22 bits per heavy atom. The molecule has 11 nitrogen and oxygen atoms in total. The van der Waals surface area contributed by atoms with Gasteiger partial charge in [0.1, 0.15) is 0 Å². The number of rotatable bonds is 6. The summed E-state index contributed by atoms with van der Waals surface area (Å²) in [5.74, 6) is -1.84. The Bertz CT molecular complexity index is 985. The molecule has 1 aliphatic rings. The van der Waals surface area contributed by atoms with E-state index in [-0.39, 0.29) is 48.6 Å². The van der Waals surface area contributed by atoms with E-state index in [0.717, 1.165) is 0 Å². The van der Waals surface area contributed by atoms with Gasteiger partial charge in [-0.2, -0.15) is 4.31 Å². The molecule has 32 heavy (non-hydrogen) atoms. The Morgan fingerprint density at radius 1 is 1.03 bits per heavy atom. The second-order valence-corrected chi connectivity index (χ2v) is 9.54. The standard InChI is InChI=1S/C20H28N4O7S/c1-13(2)21-20(28)22-18(26)14(3)31-19(27)16-6-5-7-17(12-16)32(29,30)24-10-8-23(9-11-24)15(4)25/h5-7,12-14H,8-11H2,1-4H3,(H2,21,22,26,28). The first-order valence-corrected chi connectivity index (χ1v) is 11.5. The summed E-state index contributed by atoms with van der Waals surface area (Å²) in [6.45, 7) is 7.02. The lowest BCUT2D eigenvalue weighted by atomic mass is 10.2. The number of piperazine rings is 1. The number of nitrogens with one attached hydrogen (secondary N) is 2. The van der Waals surface area contributed by atoms with E-state index in [1.807, 2.05) is 0 Å². The largest absolute Gasteiger partial charge is 0.449 e. The van der Waals surface area contributed by atoms with E-state index in [0.29, 0.717) is 0 Å². The van der Waals surface area contributed by atoms with E-state index >= 15 is 0 Å². The van der Waals surface area contributed by atoms with Gasteiger partial charge in [0.05, 0.1) is 10.5 Å². The van der Waals surface area contributed by atoms with Crippen LogP contribution >= 0.6 is 0 Å². The third kappa shape index (κ3) is 6.50. The van der Waals surface area contributed by atoms with E-state index in [9.17, 15) is 27.6 Å². The Hall–Kier alpha value is -2.99. The molecule has 0 spiro atoms. The van der Waals surface area contributed by atoms with Crippen molar-refractivity contribution in [2.45, 2.75) is 44.7 Å². The van der Waals surface area contributed by atoms with Gasteiger partial charge in [0.25, 0.3) is 5.91 Å². The van der Waals surface area contributed by atoms with Gasteiger partial charge in [-0.05, 0) is 39.0 Å². The Balaban J connectivity index is 2.05. The van der Waals surface area contributed by atoms with Gasteiger partial charge in [0.15, 0.2) is 6.10 Å². The fourth-order valence-corrected chi connectivity index (χ4v) is 4.44. The summed E-state index contributed by atoms with van der Waals surface area (Å²) in [6, 6.07) is 4.39. The van der Waals surface area contributed by atoms with Crippen LogP contribution in [0, 0.1) is 0 Å². The van der Waals surface area contributed by atoms with Gasteiger partial charge >= 0.3 is 12.0 Å². The molecule has 1 aromatic rings. The van der Waals surface area contributed by atoms with Crippen LogP contribution in [0.25, 0.3) is 0 Å². The number of sulfonamides is 1. The lowest BCUT2D eigenvalue weighted by molar-refractivity contribution is -0.130. The Labute approximate surface area is 187 Å². The third-order valence-corrected chi connectivity index (χ3v) is 6.60. The van der Waals surface area contributed by atoms with Crippen LogP contribution in [0.2, 0.25) is 0 Å². The van der Waals surface area contributed by atoms with Crippen molar-refractivity contribution in [1.82, 2.24) is 19.8 Å². The average molecular weight is 469 g/mol. The van der Waals surface area contributed by atoms with Crippen LogP contribution < -0.4 is 10.6 Å². The maximum Gasteiger partial charge on any atom is 0.338 e. The number of hydrogen-bond donors (Lipinski definition) is 2. The first-order valence-electron chi connectivity index (χ1n) is 10.1. The minimum atomic E-state index is -3.88. The van der Waals surface area contributed by atoms with Gasteiger partial charge in [-0.1, -0.05) is 6.07 Å². The van der Waals surface area contributed by atoms with Gasteiger partial charge in [0, 0.05) is 39.1 Å². The molecule has 0 saturated carbocycles. The molecule has 0 aliphatic carbocycles. The highest BCUT2D eigenvalue weighted by molar-refractivity contribution is 7.89. The van der Waals surface area contributed by atoms with Crippen molar-refractivity contribution >= 4 is 33.8 Å². The van der Waals surface area contributed by atoms with Crippen molar-refractivity contribution in [3.8, 4) is 0 Å². The summed E-state index contributed by atoms with van der Waals surface area (Å²) in [6.07, 6.45) is -1.28. The predicted molar refractivity (Wildman–Crippen MR) is 114 cm³/mol. The van der Waals surface area contributed by atoms with Crippen molar-refractivity contribution in [3.63, 3.8) is 0 Å². The average Bonchev–Trinajstić information content (AvgIpc) is 2.73. The zero-order valence-electron chi connectivity index (χ0n) is 18.5. The van der Waals surface area contributed by atoms with Crippen molar-refractivity contribution < 1.29 is 32.3 Å².